The molecule has 1 atom stereocenters. The van der Waals surface area contributed by atoms with Crippen molar-refractivity contribution in [3.05, 3.63) is 0 Å². The molecule has 0 fully saturated rings. The maximum atomic E-state index is 13.8. The van der Waals surface area contributed by atoms with Crippen molar-refractivity contribution in [3.8, 4) is 0 Å². The summed E-state index contributed by atoms with van der Waals surface area (Å²) in [7, 11) is 0. The van der Waals surface area contributed by atoms with Crippen molar-refractivity contribution < 1.29 is 9.53 Å². The van der Waals surface area contributed by atoms with Crippen molar-refractivity contribution >= 4 is 5.97 Å². The molecule has 0 amide bonds. The lowest BCUT2D eigenvalue weighted by Gasteiger charge is -2.41. The van der Waals surface area contributed by atoms with E-state index < -0.39 is 0 Å². The van der Waals surface area contributed by atoms with Crippen LogP contribution in [0.1, 0.15) is 291 Å². The van der Waals surface area contributed by atoms with Gasteiger partial charge in [0.15, 0.2) is 0 Å². The lowest BCUT2D eigenvalue weighted by molar-refractivity contribution is -0.171. The zero-order valence-electron chi connectivity index (χ0n) is 35.7. The van der Waals surface area contributed by atoms with Crippen LogP contribution in [0, 0.1) is 5.92 Å². The third-order valence-corrected chi connectivity index (χ3v) is 11.8. The quantitative estimate of drug-likeness (QED) is 0.0467. The highest BCUT2D eigenvalue weighted by Gasteiger charge is 2.40. The highest BCUT2D eigenvalue weighted by molar-refractivity contribution is 5.69. The summed E-state index contributed by atoms with van der Waals surface area (Å²) in [6.07, 6.45) is 52.0. The summed E-state index contributed by atoms with van der Waals surface area (Å²) in [5, 5.41) is 0. The monoisotopic (exact) mass is 705 g/mol. The molecule has 300 valence electrons. The van der Waals surface area contributed by atoms with Crippen molar-refractivity contribution in [2.75, 3.05) is 0 Å². The topological polar surface area (TPSA) is 26.3 Å². The molecule has 0 aromatic carbocycles. The first-order chi connectivity index (χ1) is 24.6. The molecular formula is C48H96O2. The molecule has 0 N–H and O–H groups in total. The first kappa shape index (κ1) is 49.5. The summed E-state index contributed by atoms with van der Waals surface area (Å²) in [4.78, 5) is 13.8. The van der Waals surface area contributed by atoms with E-state index in [2.05, 4.69) is 34.6 Å². The second-order valence-corrected chi connectivity index (χ2v) is 16.7. The maximum Gasteiger partial charge on any atom is 0.306 e. The molecule has 50 heavy (non-hydrogen) atoms. The van der Waals surface area contributed by atoms with Gasteiger partial charge in [-0.15, -0.1) is 0 Å². The van der Waals surface area contributed by atoms with E-state index in [1.165, 1.54) is 231 Å². The van der Waals surface area contributed by atoms with Gasteiger partial charge in [-0.05, 0) is 50.9 Å². The van der Waals surface area contributed by atoms with E-state index in [-0.39, 0.29) is 11.6 Å². The Hall–Kier alpha value is -0.530. The largest absolute Gasteiger partial charge is 0.459 e. The Labute approximate surface area is 317 Å². The highest BCUT2D eigenvalue weighted by atomic mass is 16.6. The molecule has 0 heterocycles. The first-order valence-electron chi connectivity index (χ1n) is 23.8. The van der Waals surface area contributed by atoms with Crippen LogP contribution in [-0.2, 0) is 9.53 Å². The second kappa shape index (κ2) is 39.7. The Morgan fingerprint density at radius 1 is 0.360 bits per heavy atom. The average Bonchev–Trinajstić information content (AvgIpc) is 3.11. The molecule has 2 heteroatoms. The predicted octanol–water partition coefficient (Wildman–Crippen LogP) is 17.6. The van der Waals surface area contributed by atoms with Crippen molar-refractivity contribution in [2.45, 2.75) is 297 Å². The summed E-state index contributed by atoms with van der Waals surface area (Å²) in [6.45, 7) is 11.6. The van der Waals surface area contributed by atoms with E-state index in [4.69, 9.17) is 4.74 Å². The Bertz CT molecular complexity index is 643. The molecule has 0 rings (SSSR count). The fourth-order valence-corrected chi connectivity index (χ4v) is 8.35. The van der Waals surface area contributed by atoms with E-state index in [9.17, 15) is 4.79 Å². The number of hydrogen-bond acceptors (Lipinski definition) is 2. The minimum absolute atomic E-state index is 0.130. The normalized spacial score (nSPS) is 12.5. The summed E-state index contributed by atoms with van der Waals surface area (Å²) < 4.78 is 6.97. The third kappa shape index (κ3) is 31.0. The van der Waals surface area contributed by atoms with Crippen LogP contribution in [0.2, 0.25) is 0 Å². The smallest absolute Gasteiger partial charge is 0.306 e. The zero-order valence-corrected chi connectivity index (χ0v) is 35.7. The molecule has 0 aromatic rings. The van der Waals surface area contributed by atoms with Crippen LogP contribution in [0.25, 0.3) is 0 Å². The molecular weight excluding hydrogens is 609 g/mol. The molecule has 0 radical (unpaired) electrons. The Kier molecular flexibility index (Phi) is 39.3. The minimum atomic E-state index is -0.237. The lowest BCUT2D eigenvalue weighted by atomic mass is 9.73. The average molecular weight is 705 g/mol. The fourth-order valence-electron chi connectivity index (χ4n) is 8.35. The van der Waals surface area contributed by atoms with Crippen molar-refractivity contribution in [3.63, 3.8) is 0 Å². The van der Waals surface area contributed by atoms with Crippen LogP contribution >= 0.6 is 0 Å². The number of unbranched alkanes of at least 4 members (excludes halogenated alkanes) is 30. The maximum absolute atomic E-state index is 13.8. The van der Waals surface area contributed by atoms with Gasteiger partial charge < -0.3 is 4.74 Å². The highest BCUT2D eigenvalue weighted by Crippen LogP contribution is 2.41. The summed E-state index contributed by atoms with van der Waals surface area (Å²) in [6, 6.07) is 0. The molecule has 0 saturated carbocycles. The molecule has 0 aromatic heterocycles. The van der Waals surface area contributed by atoms with E-state index in [0.717, 1.165) is 19.3 Å². The Morgan fingerprint density at radius 3 is 0.940 bits per heavy atom. The van der Waals surface area contributed by atoms with Gasteiger partial charge in [0, 0.05) is 6.42 Å². The van der Waals surface area contributed by atoms with Crippen LogP contribution in [0.15, 0.2) is 0 Å². The second-order valence-electron chi connectivity index (χ2n) is 16.7. The molecule has 2 nitrogen and oxygen atoms in total. The van der Waals surface area contributed by atoms with E-state index >= 15 is 0 Å². The summed E-state index contributed by atoms with van der Waals surface area (Å²) in [5.74, 6) is 0.665. The predicted molar refractivity (Wildman–Crippen MR) is 225 cm³/mol. The van der Waals surface area contributed by atoms with Gasteiger partial charge in [-0.2, -0.15) is 0 Å². The van der Waals surface area contributed by atoms with Crippen LogP contribution in [-0.4, -0.2) is 11.6 Å². The number of carbonyl (C=O) groups is 1. The summed E-state index contributed by atoms with van der Waals surface area (Å²) in [5.41, 5.74) is -0.237. The van der Waals surface area contributed by atoms with Gasteiger partial charge in [0.05, 0.1) is 0 Å². The van der Waals surface area contributed by atoms with Gasteiger partial charge in [-0.1, -0.05) is 240 Å². The molecule has 0 bridgehead atoms. The van der Waals surface area contributed by atoms with Crippen molar-refractivity contribution in [1.82, 2.24) is 0 Å². The minimum Gasteiger partial charge on any atom is -0.459 e. The van der Waals surface area contributed by atoms with Crippen LogP contribution in [0.4, 0.5) is 0 Å². The first-order valence-corrected chi connectivity index (χ1v) is 23.8. The Morgan fingerprint density at radius 2 is 0.620 bits per heavy atom. The van der Waals surface area contributed by atoms with Gasteiger partial charge in [0.25, 0.3) is 0 Å². The van der Waals surface area contributed by atoms with Gasteiger partial charge >= 0.3 is 5.97 Å². The molecule has 0 aliphatic carbocycles. The van der Waals surface area contributed by atoms with Gasteiger partial charge in [0.2, 0.25) is 0 Å². The number of ether oxygens (including phenoxy) is 1. The van der Waals surface area contributed by atoms with Crippen molar-refractivity contribution in [2.24, 2.45) is 5.92 Å². The van der Waals surface area contributed by atoms with E-state index in [1.807, 2.05) is 0 Å². The van der Waals surface area contributed by atoms with Crippen molar-refractivity contribution in [1.29, 1.82) is 0 Å². The van der Waals surface area contributed by atoms with Gasteiger partial charge in [-0.3, -0.25) is 4.79 Å². The van der Waals surface area contributed by atoms with Gasteiger partial charge in [0.1, 0.15) is 5.60 Å². The van der Waals surface area contributed by atoms with E-state index in [1.54, 1.807) is 0 Å². The SMILES string of the molecule is CCCCCCCCCCCCCCCC(=O)OC(CCCCCCC)(CCCCCCC)C(CCCCCCC)CCCCCCCCC. The van der Waals surface area contributed by atoms with Crippen LogP contribution in [0.5, 0.6) is 0 Å². The third-order valence-electron chi connectivity index (χ3n) is 11.8. The summed E-state index contributed by atoms with van der Waals surface area (Å²) >= 11 is 0. The number of esters is 1. The number of rotatable bonds is 42. The fraction of sp³-hybridized carbons (Fsp3) is 0.979. The molecule has 1 unspecified atom stereocenters. The van der Waals surface area contributed by atoms with Crippen LogP contribution < -0.4 is 0 Å². The van der Waals surface area contributed by atoms with Crippen LogP contribution in [0.3, 0.4) is 0 Å². The standard InChI is InChI=1S/C48H96O2/c1-6-11-16-21-23-24-25-26-27-28-30-33-38-43-47(49)50-48(44-39-34-19-14-9-4,45-40-35-20-15-10-5)46(41-36-31-18-13-8-3)42-37-32-29-22-17-12-7-2/h46H,6-45H2,1-5H3. The molecule has 0 aliphatic heterocycles. The molecule has 0 aliphatic rings. The molecule has 0 spiro atoms. The van der Waals surface area contributed by atoms with Gasteiger partial charge in [-0.25, -0.2) is 0 Å². The Balaban J connectivity index is 5.41. The molecule has 0 saturated heterocycles. The number of hydrogen-bond donors (Lipinski definition) is 0. The number of carbonyl (C=O) groups excluding carboxylic acids is 1. The zero-order chi connectivity index (χ0) is 36.6. The van der Waals surface area contributed by atoms with E-state index in [0.29, 0.717) is 12.3 Å². The lowest BCUT2D eigenvalue weighted by Crippen LogP contribution is -2.43.